The van der Waals surface area contributed by atoms with Crippen LogP contribution in [0, 0.1) is 0 Å². The summed E-state index contributed by atoms with van der Waals surface area (Å²) in [6.07, 6.45) is 3.40. The van der Waals surface area contributed by atoms with Crippen LogP contribution in [0.5, 0.6) is 0 Å². The first-order chi connectivity index (χ1) is 7.77. The number of carbonyl (C=O) groups is 1. The van der Waals surface area contributed by atoms with Crippen LogP contribution in [-0.4, -0.2) is 16.1 Å². The number of rotatable bonds is 4. The van der Waals surface area contributed by atoms with Gasteiger partial charge in [-0.05, 0) is 11.4 Å². The van der Waals surface area contributed by atoms with Crippen molar-refractivity contribution in [2.75, 3.05) is 0 Å². The van der Waals surface area contributed by atoms with Gasteiger partial charge in [-0.3, -0.25) is 9.89 Å². The van der Waals surface area contributed by atoms with Gasteiger partial charge in [0.05, 0.1) is 6.20 Å². The van der Waals surface area contributed by atoms with E-state index in [1.807, 2.05) is 17.5 Å². The molecule has 1 unspecified atom stereocenters. The number of hydrogen-bond acceptors (Lipinski definition) is 4. The summed E-state index contributed by atoms with van der Waals surface area (Å²) in [7, 11) is 0. The second-order valence-corrected chi connectivity index (χ2v) is 4.30. The van der Waals surface area contributed by atoms with E-state index in [2.05, 4.69) is 15.5 Å². The highest BCUT2D eigenvalue weighted by Crippen LogP contribution is 2.16. The van der Waals surface area contributed by atoms with Crippen LogP contribution in [0.4, 0.5) is 0 Å². The molecular weight excluding hydrogens is 224 g/mol. The number of nitrogens with two attached hydrogens (primary N) is 1. The van der Waals surface area contributed by atoms with E-state index in [4.69, 9.17) is 5.73 Å². The first-order valence-corrected chi connectivity index (χ1v) is 5.69. The van der Waals surface area contributed by atoms with Crippen molar-refractivity contribution < 1.29 is 4.79 Å². The number of H-pyrrole nitrogens is 1. The molecule has 2 aromatic heterocycles. The number of amides is 1. The lowest BCUT2D eigenvalue weighted by molar-refractivity contribution is -0.122. The van der Waals surface area contributed by atoms with Gasteiger partial charge < -0.3 is 11.1 Å². The predicted octanol–water partition coefficient (Wildman–Crippen LogP) is 0.787. The monoisotopic (exact) mass is 236 g/mol. The third-order valence-electron chi connectivity index (χ3n) is 2.15. The summed E-state index contributed by atoms with van der Waals surface area (Å²) in [4.78, 5) is 12.5. The summed E-state index contributed by atoms with van der Waals surface area (Å²) in [5, 5.41) is 11.1. The highest BCUT2D eigenvalue weighted by atomic mass is 32.1. The maximum atomic E-state index is 11.7. The molecule has 6 heteroatoms. The number of nitrogens with one attached hydrogen (secondary N) is 2. The molecule has 5 nitrogen and oxygen atoms in total. The second-order valence-electron chi connectivity index (χ2n) is 3.32. The molecule has 16 heavy (non-hydrogen) atoms. The van der Waals surface area contributed by atoms with Crippen molar-refractivity contribution in [2.45, 2.75) is 12.6 Å². The maximum absolute atomic E-state index is 11.7. The Labute approximate surface area is 96.7 Å². The molecule has 0 bridgehead atoms. The first kappa shape index (κ1) is 10.8. The van der Waals surface area contributed by atoms with E-state index < -0.39 is 6.04 Å². The number of hydrogen-bond donors (Lipinski definition) is 3. The zero-order valence-corrected chi connectivity index (χ0v) is 9.33. The molecule has 1 atom stereocenters. The van der Waals surface area contributed by atoms with Gasteiger partial charge in [0, 0.05) is 23.2 Å². The van der Waals surface area contributed by atoms with Gasteiger partial charge in [-0.25, -0.2) is 0 Å². The van der Waals surface area contributed by atoms with Crippen LogP contribution in [0.3, 0.4) is 0 Å². The van der Waals surface area contributed by atoms with Crippen molar-refractivity contribution >= 4 is 17.2 Å². The van der Waals surface area contributed by atoms with Crippen LogP contribution in [0.15, 0.2) is 29.9 Å². The summed E-state index contributed by atoms with van der Waals surface area (Å²) < 4.78 is 0. The number of carbonyl (C=O) groups excluding carboxylic acids is 1. The minimum absolute atomic E-state index is 0.177. The van der Waals surface area contributed by atoms with Crippen LogP contribution in [-0.2, 0) is 11.3 Å². The number of aromatic nitrogens is 2. The van der Waals surface area contributed by atoms with E-state index in [1.165, 1.54) is 11.3 Å². The molecule has 4 N–H and O–H groups in total. The SMILES string of the molecule is NC(C(=O)NCc1cn[nH]c1)c1cccs1. The molecule has 2 aromatic rings. The molecule has 2 rings (SSSR count). The van der Waals surface area contributed by atoms with Gasteiger partial charge in [-0.15, -0.1) is 11.3 Å². The maximum Gasteiger partial charge on any atom is 0.242 e. The number of thiophene rings is 1. The van der Waals surface area contributed by atoms with E-state index in [1.54, 1.807) is 12.4 Å². The fourth-order valence-corrected chi connectivity index (χ4v) is 2.00. The van der Waals surface area contributed by atoms with E-state index in [9.17, 15) is 4.79 Å². The van der Waals surface area contributed by atoms with Gasteiger partial charge in [0.1, 0.15) is 6.04 Å². The molecule has 0 aliphatic heterocycles. The summed E-state index contributed by atoms with van der Waals surface area (Å²) in [5.41, 5.74) is 6.72. The van der Waals surface area contributed by atoms with Gasteiger partial charge in [0.15, 0.2) is 0 Å². The first-order valence-electron chi connectivity index (χ1n) is 4.81. The van der Waals surface area contributed by atoms with E-state index in [0.29, 0.717) is 6.54 Å². The van der Waals surface area contributed by atoms with E-state index >= 15 is 0 Å². The highest BCUT2D eigenvalue weighted by Gasteiger charge is 2.15. The van der Waals surface area contributed by atoms with E-state index in [0.717, 1.165) is 10.4 Å². The zero-order valence-electron chi connectivity index (χ0n) is 8.51. The molecular formula is C10H12N4OS. The molecule has 0 radical (unpaired) electrons. The predicted molar refractivity (Wildman–Crippen MR) is 61.7 cm³/mol. The molecule has 0 saturated heterocycles. The Kier molecular flexibility index (Phi) is 3.33. The normalized spacial score (nSPS) is 12.3. The van der Waals surface area contributed by atoms with Crippen LogP contribution in [0.2, 0.25) is 0 Å². The Morgan fingerprint density at radius 3 is 3.19 bits per heavy atom. The molecule has 0 fully saturated rings. The third-order valence-corrected chi connectivity index (χ3v) is 3.11. The Bertz CT molecular complexity index is 437. The van der Waals surface area contributed by atoms with Crippen LogP contribution < -0.4 is 11.1 Å². The minimum Gasteiger partial charge on any atom is -0.350 e. The zero-order chi connectivity index (χ0) is 11.4. The van der Waals surface area contributed by atoms with Crippen molar-refractivity contribution in [1.82, 2.24) is 15.5 Å². The molecule has 0 spiro atoms. The molecule has 0 aliphatic carbocycles. The second kappa shape index (κ2) is 4.91. The Morgan fingerprint density at radius 2 is 2.56 bits per heavy atom. The third kappa shape index (κ3) is 2.47. The van der Waals surface area contributed by atoms with Crippen LogP contribution in [0.1, 0.15) is 16.5 Å². The summed E-state index contributed by atoms with van der Waals surface area (Å²) in [6, 6.07) is 3.14. The molecule has 1 amide bonds. The largest absolute Gasteiger partial charge is 0.350 e. The van der Waals surface area contributed by atoms with Gasteiger partial charge in [-0.2, -0.15) is 5.10 Å². The van der Waals surface area contributed by atoms with Gasteiger partial charge in [0.25, 0.3) is 0 Å². The Balaban J connectivity index is 1.89. The lowest BCUT2D eigenvalue weighted by Crippen LogP contribution is -2.33. The Hall–Kier alpha value is -1.66. The summed E-state index contributed by atoms with van der Waals surface area (Å²) in [6.45, 7) is 0.439. The molecule has 84 valence electrons. The molecule has 2 heterocycles. The fraction of sp³-hybridized carbons (Fsp3) is 0.200. The van der Waals surface area contributed by atoms with Gasteiger partial charge >= 0.3 is 0 Å². The summed E-state index contributed by atoms with van der Waals surface area (Å²) >= 11 is 1.48. The van der Waals surface area contributed by atoms with Crippen LogP contribution >= 0.6 is 11.3 Å². The topological polar surface area (TPSA) is 83.8 Å². The lowest BCUT2D eigenvalue weighted by Gasteiger charge is -2.09. The van der Waals surface area contributed by atoms with Crippen molar-refractivity contribution in [2.24, 2.45) is 5.73 Å². The Morgan fingerprint density at radius 1 is 1.69 bits per heavy atom. The van der Waals surface area contributed by atoms with Crippen molar-refractivity contribution in [1.29, 1.82) is 0 Å². The lowest BCUT2D eigenvalue weighted by atomic mass is 10.2. The van der Waals surface area contributed by atoms with Crippen LogP contribution in [0.25, 0.3) is 0 Å². The highest BCUT2D eigenvalue weighted by molar-refractivity contribution is 7.10. The van der Waals surface area contributed by atoms with Gasteiger partial charge in [-0.1, -0.05) is 6.07 Å². The van der Waals surface area contributed by atoms with Crippen molar-refractivity contribution in [3.8, 4) is 0 Å². The average molecular weight is 236 g/mol. The smallest absolute Gasteiger partial charge is 0.242 e. The van der Waals surface area contributed by atoms with Crippen molar-refractivity contribution in [3.05, 3.63) is 40.3 Å². The van der Waals surface area contributed by atoms with Crippen molar-refractivity contribution in [3.63, 3.8) is 0 Å². The molecule has 0 saturated carbocycles. The minimum atomic E-state index is -0.591. The summed E-state index contributed by atoms with van der Waals surface area (Å²) in [5.74, 6) is -0.177. The molecule has 0 aliphatic rings. The average Bonchev–Trinajstić information content (AvgIpc) is 2.96. The quantitative estimate of drug-likeness (QED) is 0.733. The fourth-order valence-electron chi connectivity index (χ4n) is 1.27. The number of nitrogens with zero attached hydrogens (tertiary/aromatic N) is 1. The van der Waals surface area contributed by atoms with Gasteiger partial charge in [0.2, 0.25) is 5.91 Å². The van der Waals surface area contributed by atoms with E-state index in [-0.39, 0.29) is 5.91 Å². The standard InChI is InChI=1S/C10H12N4OS/c11-9(8-2-1-3-16-8)10(15)12-4-7-5-13-14-6-7/h1-3,5-6,9H,4,11H2,(H,12,15)(H,13,14). The molecule has 0 aromatic carbocycles. The number of aromatic amines is 1.